The van der Waals surface area contributed by atoms with Crippen LogP contribution in [0.25, 0.3) is 11.3 Å². The van der Waals surface area contributed by atoms with Gasteiger partial charge < -0.3 is 25.8 Å². The van der Waals surface area contributed by atoms with Gasteiger partial charge in [-0.3, -0.25) is 9.48 Å². The molecule has 11 nitrogen and oxygen atoms in total. The van der Waals surface area contributed by atoms with Crippen LogP contribution in [0, 0.1) is 13.8 Å². The molecule has 0 spiro atoms. The molecule has 0 fully saturated rings. The van der Waals surface area contributed by atoms with Gasteiger partial charge in [-0.2, -0.15) is 23.3 Å². The molecule has 1 unspecified atom stereocenters. The zero-order chi connectivity index (χ0) is 31.3. The van der Waals surface area contributed by atoms with Crippen LogP contribution in [-0.4, -0.2) is 56.5 Å². The molecule has 0 saturated carbocycles. The Labute approximate surface area is 248 Å². The molecule has 3 aromatic heterocycles. The van der Waals surface area contributed by atoms with E-state index in [-0.39, 0.29) is 23.9 Å². The molecule has 1 atom stereocenters. The SMILES string of the molecule is CNC(=O)c1nc(-c2c(C)nn(CCCO)c2C)ccc1Nc1nc(Nc2ccc(CP)cc2OC)ncc1C(F)(F)F. The molecule has 0 radical (unpaired) electrons. The number of nitrogens with one attached hydrogen (secondary N) is 3. The van der Waals surface area contributed by atoms with Crippen LogP contribution in [0.5, 0.6) is 5.75 Å². The number of carbonyl (C=O) groups is 1. The quantitative estimate of drug-likeness (QED) is 0.172. The molecule has 0 bridgehead atoms. The summed E-state index contributed by atoms with van der Waals surface area (Å²) in [5.41, 5.74) is 2.68. The second-order valence-corrected chi connectivity index (χ2v) is 9.87. The Balaban J connectivity index is 1.76. The van der Waals surface area contributed by atoms with Crippen molar-refractivity contribution < 1.29 is 27.8 Å². The van der Waals surface area contributed by atoms with E-state index < -0.39 is 23.5 Å². The van der Waals surface area contributed by atoms with Gasteiger partial charge in [0.1, 0.15) is 17.1 Å². The number of aliphatic hydroxyl groups is 1. The van der Waals surface area contributed by atoms with Crippen molar-refractivity contribution in [2.24, 2.45) is 0 Å². The van der Waals surface area contributed by atoms with Crippen molar-refractivity contribution in [3.05, 3.63) is 64.7 Å². The summed E-state index contributed by atoms with van der Waals surface area (Å²) in [6.45, 7) is 4.13. The first kappa shape index (κ1) is 31.6. The Morgan fingerprint density at radius 3 is 2.51 bits per heavy atom. The first-order valence-corrected chi connectivity index (χ1v) is 14.1. The average molecular weight is 617 g/mol. The minimum Gasteiger partial charge on any atom is -0.495 e. The van der Waals surface area contributed by atoms with Gasteiger partial charge in [-0.15, -0.1) is 9.24 Å². The number of anilines is 4. The summed E-state index contributed by atoms with van der Waals surface area (Å²) in [7, 11) is 5.48. The number of methoxy groups -OCH3 is 1. The molecule has 43 heavy (non-hydrogen) atoms. The number of aryl methyl sites for hydroxylation is 2. The lowest BCUT2D eigenvalue weighted by molar-refractivity contribution is -0.137. The topological polar surface area (TPSA) is 139 Å². The minimum atomic E-state index is -4.79. The van der Waals surface area contributed by atoms with Crippen molar-refractivity contribution >= 4 is 38.3 Å². The Morgan fingerprint density at radius 2 is 1.86 bits per heavy atom. The first-order valence-electron chi connectivity index (χ1n) is 13.2. The third kappa shape index (κ3) is 7.03. The molecule has 0 aliphatic rings. The molecule has 3 heterocycles. The van der Waals surface area contributed by atoms with Gasteiger partial charge in [0, 0.05) is 37.7 Å². The number of ether oxygens (including phenoxy) is 1. The number of halogens is 3. The average Bonchev–Trinajstić information content (AvgIpc) is 3.27. The number of aliphatic hydroxyl groups excluding tert-OH is 1. The fourth-order valence-corrected chi connectivity index (χ4v) is 4.71. The van der Waals surface area contributed by atoms with Gasteiger partial charge in [0.15, 0.2) is 5.69 Å². The van der Waals surface area contributed by atoms with Crippen LogP contribution in [0.3, 0.4) is 0 Å². The largest absolute Gasteiger partial charge is 0.495 e. The van der Waals surface area contributed by atoms with Gasteiger partial charge in [-0.25, -0.2) is 9.97 Å². The smallest absolute Gasteiger partial charge is 0.421 e. The second kappa shape index (κ2) is 13.3. The molecule has 0 aliphatic carbocycles. The standard InChI is InChI=1S/C28H32F3N8O3P/c1-15-23(16(2)39(38-15)10-5-11-40)20-8-9-21(24(34-20)26(41)32-3)35-25-18(28(29,30)31)13-33-27(37-25)36-19-7-6-17(14-43)12-22(19)42-4/h6-9,12-13,40H,5,10-11,14,43H2,1-4H3,(H,32,41)(H2,33,35,36,37). The summed E-state index contributed by atoms with van der Waals surface area (Å²) in [5.74, 6) is -0.855. The van der Waals surface area contributed by atoms with Crippen molar-refractivity contribution in [1.82, 2.24) is 30.0 Å². The highest BCUT2D eigenvalue weighted by Gasteiger charge is 2.36. The summed E-state index contributed by atoms with van der Waals surface area (Å²) >= 11 is 0. The zero-order valence-corrected chi connectivity index (χ0v) is 25.2. The van der Waals surface area contributed by atoms with Crippen LogP contribution in [0.15, 0.2) is 36.5 Å². The van der Waals surface area contributed by atoms with Gasteiger partial charge in [-0.05, 0) is 56.3 Å². The predicted molar refractivity (Wildman–Crippen MR) is 160 cm³/mol. The first-order chi connectivity index (χ1) is 20.5. The molecule has 0 saturated heterocycles. The number of hydrogen-bond acceptors (Lipinski definition) is 9. The normalized spacial score (nSPS) is 11.4. The van der Waals surface area contributed by atoms with Crippen LogP contribution in [-0.2, 0) is 18.9 Å². The fourth-order valence-electron chi connectivity index (χ4n) is 4.46. The Hall–Kier alpha value is -4.29. The summed E-state index contributed by atoms with van der Waals surface area (Å²) in [4.78, 5) is 25.4. The van der Waals surface area contributed by atoms with Gasteiger partial charge in [0.2, 0.25) is 5.95 Å². The molecule has 15 heteroatoms. The number of carbonyl (C=O) groups excluding carboxylic acids is 1. The summed E-state index contributed by atoms with van der Waals surface area (Å²) in [6.07, 6.45) is -2.94. The van der Waals surface area contributed by atoms with Gasteiger partial charge in [-0.1, -0.05) is 6.07 Å². The minimum absolute atomic E-state index is 0.00334. The molecule has 4 rings (SSSR count). The number of benzene rings is 1. The monoisotopic (exact) mass is 616 g/mol. The molecule has 4 aromatic rings. The van der Waals surface area contributed by atoms with Crippen LogP contribution in [0.2, 0.25) is 0 Å². The molecule has 228 valence electrons. The molecule has 0 aliphatic heterocycles. The highest BCUT2D eigenvalue weighted by molar-refractivity contribution is 7.15. The maximum Gasteiger partial charge on any atom is 0.421 e. The van der Waals surface area contributed by atoms with E-state index >= 15 is 0 Å². The van der Waals surface area contributed by atoms with Crippen LogP contribution in [0.4, 0.5) is 36.3 Å². The number of pyridine rings is 1. The molecule has 1 aromatic carbocycles. The number of alkyl halides is 3. The summed E-state index contributed by atoms with van der Waals surface area (Å²) < 4.78 is 49.2. The lowest BCUT2D eigenvalue weighted by atomic mass is 10.1. The highest BCUT2D eigenvalue weighted by atomic mass is 31.0. The van der Waals surface area contributed by atoms with Crippen LogP contribution in [0.1, 0.15) is 39.4 Å². The highest BCUT2D eigenvalue weighted by Crippen LogP contribution is 2.37. The van der Waals surface area contributed by atoms with E-state index in [4.69, 9.17) is 4.74 Å². The van der Waals surface area contributed by atoms with Crippen molar-refractivity contribution in [2.75, 3.05) is 31.4 Å². The number of nitrogens with zero attached hydrogens (tertiary/aromatic N) is 5. The Morgan fingerprint density at radius 1 is 1.12 bits per heavy atom. The number of amides is 1. The van der Waals surface area contributed by atoms with Crippen molar-refractivity contribution in [2.45, 2.75) is 39.2 Å². The van der Waals surface area contributed by atoms with E-state index in [9.17, 15) is 23.1 Å². The third-order valence-corrected chi connectivity index (χ3v) is 7.07. The van der Waals surface area contributed by atoms with Crippen LogP contribution >= 0.6 is 9.24 Å². The third-order valence-electron chi connectivity index (χ3n) is 6.60. The lowest BCUT2D eigenvalue weighted by Crippen LogP contribution is -2.21. The van der Waals surface area contributed by atoms with Crippen LogP contribution < -0.4 is 20.7 Å². The maximum absolute atomic E-state index is 14.0. The van der Waals surface area contributed by atoms with Crippen molar-refractivity contribution in [1.29, 1.82) is 0 Å². The summed E-state index contributed by atoms with van der Waals surface area (Å²) in [6, 6.07) is 8.41. The number of aromatic nitrogens is 5. The Bertz CT molecular complexity index is 1630. The molecule has 1 amide bonds. The van der Waals surface area contributed by atoms with E-state index in [0.717, 1.165) is 11.3 Å². The summed E-state index contributed by atoms with van der Waals surface area (Å²) in [5, 5.41) is 21.8. The van der Waals surface area contributed by atoms with E-state index in [1.807, 2.05) is 13.0 Å². The predicted octanol–water partition coefficient (Wildman–Crippen LogP) is 4.98. The molecular formula is C28H32F3N8O3P. The van der Waals surface area contributed by atoms with Crippen molar-refractivity contribution in [3.63, 3.8) is 0 Å². The van der Waals surface area contributed by atoms with E-state index in [1.165, 1.54) is 20.2 Å². The van der Waals surface area contributed by atoms with Crippen molar-refractivity contribution in [3.8, 4) is 17.0 Å². The van der Waals surface area contributed by atoms with Gasteiger partial charge >= 0.3 is 6.18 Å². The second-order valence-electron chi connectivity index (χ2n) is 9.46. The lowest BCUT2D eigenvalue weighted by Gasteiger charge is -2.17. The Kier molecular flexibility index (Phi) is 9.82. The van der Waals surface area contributed by atoms with E-state index in [2.05, 4.69) is 45.2 Å². The maximum atomic E-state index is 14.0. The van der Waals surface area contributed by atoms with Gasteiger partial charge in [0.05, 0.1) is 29.9 Å². The van der Waals surface area contributed by atoms with E-state index in [1.54, 1.807) is 29.8 Å². The van der Waals surface area contributed by atoms with Gasteiger partial charge in [0.25, 0.3) is 5.91 Å². The number of hydrogen-bond donors (Lipinski definition) is 4. The number of rotatable bonds is 11. The fraction of sp³-hybridized carbons (Fsp3) is 0.321. The van der Waals surface area contributed by atoms with E-state index in [0.29, 0.717) is 53.7 Å². The molecule has 4 N–H and O–H groups in total. The zero-order valence-electron chi connectivity index (χ0n) is 24.0. The molecular weight excluding hydrogens is 584 g/mol.